The molecule has 1 spiro atoms. The Balaban J connectivity index is 1.70. The first-order valence-corrected chi connectivity index (χ1v) is 11.4. The molecular weight excluding hydrogens is 453 g/mol. The molecule has 1 fully saturated rings. The molecule has 0 unspecified atom stereocenters. The van der Waals surface area contributed by atoms with E-state index in [2.05, 4.69) is 0 Å². The molecule has 0 amide bonds. The van der Waals surface area contributed by atoms with Crippen LogP contribution in [0.25, 0.3) is 6.08 Å². The maximum Gasteiger partial charge on any atom is 0.180 e. The Morgan fingerprint density at radius 1 is 0.971 bits per heavy atom. The average Bonchev–Trinajstić information content (AvgIpc) is 3.26. The largest absolute Gasteiger partial charge is 0.352 e. The van der Waals surface area contributed by atoms with E-state index in [1.165, 1.54) is 13.0 Å². The number of hydrogen-bond acceptors (Lipinski definition) is 4. The van der Waals surface area contributed by atoms with Gasteiger partial charge in [-0.2, -0.15) is 0 Å². The van der Waals surface area contributed by atoms with E-state index in [0.717, 1.165) is 5.56 Å². The molecule has 3 atom stereocenters. The molecule has 0 N–H and O–H groups in total. The third-order valence-electron chi connectivity index (χ3n) is 7.42. The standard InChI is InChI=1S/C28H19ClFNO3/c1-15(32)25-24(20-8-4-5-9-21(20)30)28(26(33)18-6-2-3-7-19(18)27(28)34)23-13-10-16-14-17(29)11-12-22(16)31(23)25/h2-14,23-25H,1H3/t23-,24+,25+/m0/s1. The van der Waals surface area contributed by atoms with Crippen LogP contribution in [0.2, 0.25) is 5.02 Å². The van der Waals surface area contributed by atoms with E-state index >= 15 is 4.39 Å². The summed E-state index contributed by atoms with van der Waals surface area (Å²) in [6, 6.07) is 16.4. The Hall–Kier alpha value is -3.57. The SMILES string of the molecule is CC(=O)[C@@H]1[C@@H](c2ccccc2F)C2(C(=O)c3ccccc3C2=O)[C@@H]2C=Cc3cc(Cl)ccc3N12. The number of halogens is 2. The summed E-state index contributed by atoms with van der Waals surface area (Å²) < 4.78 is 15.3. The van der Waals surface area contributed by atoms with Crippen LogP contribution in [0, 0.1) is 11.2 Å². The summed E-state index contributed by atoms with van der Waals surface area (Å²) in [5, 5.41) is 0.529. The van der Waals surface area contributed by atoms with Crippen molar-refractivity contribution in [2.75, 3.05) is 4.90 Å². The summed E-state index contributed by atoms with van der Waals surface area (Å²) in [6.07, 6.45) is 3.62. The van der Waals surface area contributed by atoms with Gasteiger partial charge in [0.05, 0.1) is 12.1 Å². The number of nitrogens with zero attached hydrogens (tertiary/aromatic N) is 1. The Kier molecular flexibility index (Phi) is 4.45. The Labute approximate surface area is 200 Å². The molecule has 168 valence electrons. The van der Waals surface area contributed by atoms with Crippen molar-refractivity contribution in [3.63, 3.8) is 0 Å². The second-order valence-electron chi connectivity index (χ2n) is 9.04. The van der Waals surface area contributed by atoms with Gasteiger partial charge in [-0.3, -0.25) is 14.4 Å². The predicted octanol–water partition coefficient (Wildman–Crippen LogP) is 5.50. The number of ketones is 3. The van der Waals surface area contributed by atoms with Gasteiger partial charge in [0.25, 0.3) is 0 Å². The number of hydrogen-bond donors (Lipinski definition) is 0. The fraction of sp³-hybridized carbons (Fsp3) is 0.179. The van der Waals surface area contributed by atoms with E-state index < -0.39 is 29.2 Å². The van der Waals surface area contributed by atoms with Gasteiger partial charge in [-0.05, 0) is 42.3 Å². The fourth-order valence-electron chi connectivity index (χ4n) is 6.17. The van der Waals surface area contributed by atoms with Gasteiger partial charge in [0, 0.05) is 27.8 Å². The van der Waals surface area contributed by atoms with Gasteiger partial charge in [-0.15, -0.1) is 0 Å². The summed E-state index contributed by atoms with van der Waals surface area (Å²) in [5.41, 5.74) is 0.606. The van der Waals surface area contributed by atoms with Crippen LogP contribution in [-0.4, -0.2) is 29.4 Å². The lowest BCUT2D eigenvalue weighted by Crippen LogP contribution is -2.48. The molecule has 0 radical (unpaired) electrons. The Bertz CT molecular complexity index is 1410. The number of carbonyl (C=O) groups is 3. The quantitative estimate of drug-likeness (QED) is 0.463. The Morgan fingerprint density at radius 2 is 1.62 bits per heavy atom. The van der Waals surface area contributed by atoms with Crippen LogP contribution in [-0.2, 0) is 4.79 Å². The van der Waals surface area contributed by atoms with E-state index in [0.29, 0.717) is 21.8 Å². The topological polar surface area (TPSA) is 54.5 Å². The summed E-state index contributed by atoms with van der Waals surface area (Å²) in [4.78, 5) is 43.4. The van der Waals surface area contributed by atoms with Crippen LogP contribution < -0.4 is 4.90 Å². The first-order valence-electron chi connectivity index (χ1n) is 11.1. The van der Waals surface area contributed by atoms with E-state index in [4.69, 9.17) is 11.6 Å². The summed E-state index contributed by atoms with van der Waals surface area (Å²) >= 11 is 6.21. The van der Waals surface area contributed by atoms with Gasteiger partial charge >= 0.3 is 0 Å². The molecule has 6 heteroatoms. The van der Waals surface area contributed by atoms with Crippen LogP contribution in [0.15, 0.2) is 72.8 Å². The molecule has 34 heavy (non-hydrogen) atoms. The summed E-state index contributed by atoms with van der Waals surface area (Å²) in [7, 11) is 0. The number of benzene rings is 3. The van der Waals surface area contributed by atoms with E-state index in [1.54, 1.807) is 66.7 Å². The fourth-order valence-corrected chi connectivity index (χ4v) is 6.35. The first kappa shape index (κ1) is 21.0. The van der Waals surface area contributed by atoms with E-state index in [-0.39, 0.29) is 22.9 Å². The number of Topliss-reactive ketones (excluding diaryl/α,β-unsaturated/α-hetero) is 3. The van der Waals surface area contributed by atoms with Crippen LogP contribution in [0.1, 0.15) is 44.7 Å². The minimum absolute atomic E-state index is 0.190. The molecule has 2 aliphatic heterocycles. The van der Waals surface area contributed by atoms with Gasteiger partial charge in [0.1, 0.15) is 11.2 Å². The van der Waals surface area contributed by atoms with Crippen LogP contribution in [0.4, 0.5) is 10.1 Å². The van der Waals surface area contributed by atoms with Crippen LogP contribution >= 0.6 is 11.6 Å². The van der Waals surface area contributed by atoms with Gasteiger partial charge < -0.3 is 4.90 Å². The molecule has 0 aromatic heterocycles. The molecule has 1 saturated heterocycles. The molecule has 4 nitrogen and oxygen atoms in total. The first-order chi connectivity index (χ1) is 16.4. The van der Waals surface area contributed by atoms with Crippen LogP contribution in [0.3, 0.4) is 0 Å². The molecule has 3 aliphatic rings. The minimum atomic E-state index is -1.67. The predicted molar refractivity (Wildman–Crippen MR) is 128 cm³/mol. The summed E-state index contributed by atoms with van der Waals surface area (Å²) in [5.74, 6) is -2.54. The highest BCUT2D eigenvalue weighted by atomic mass is 35.5. The number of fused-ring (bicyclic) bond motifs is 5. The number of carbonyl (C=O) groups excluding carboxylic acids is 3. The second kappa shape index (κ2) is 7.21. The van der Waals surface area contributed by atoms with Gasteiger partial charge in [0.2, 0.25) is 0 Å². The molecule has 3 aromatic rings. The maximum absolute atomic E-state index is 15.3. The minimum Gasteiger partial charge on any atom is -0.352 e. The second-order valence-corrected chi connectivity index (χ2v) is 9.48. The van der Waals surface area contributed by atoms with Gasteiger partial charge in [0.15, 0.2) is 17.3 Å². The number of rotatable bonds is 2. The highest BCUT2D eigenvalue weighted by molar-refractivity contribution is 6.32. The van der Waals surface area contributed by atoms with Crippen molar-refractivity contribution in [2.24, 2.45) is 5.41 Å². The zero-order valence-electron chi connectivity index (χ0n) is 18.2. The van der Waals surface area contributed by atoms with Crippen molar-refractivity contribution in [1.82, 2.24) is 0 Å². The molecule has 2 heterocycles. The highest BCUT2D eigenvalue weighted by Crippen LogP contribution is 2.60. The molecule has 3 aromatic carbocycles. The lowest BCUT2D eigenvalue weighted by atomic mass is 9.64. The van der Waals surface area contributed by atoms with Crippen molar-refractivity contribution in [2.45, 2.75) is 24.9 Å². The molecule has 1 aliphatic carbocycles. The monoisotopic (exact) mass is 471 g/mol. The maximum atomic E-state index is 15.3. The van der Waals surface area contributed by atoms with Gasteiger partial charge in [-0.25, -0.2) is 4.39 Å². The van der Waals surface area contributed by atoms with Crippen molar-refractivity contribution < 1.29 is 18.8 Å². The van der Waals surface area contributed by atoms with Crippen LogP contribution in [0.5, 0.6) is 0 Å². The van der Waals surface area contributed by atoms with Crippen molar-refractivity contribution in [1.29, 1.82) is 0 Å². The molecule has 6 rings (SSSR count). The zero-order valence-corrected chi connectivity index (χ0v) is 18.9. The smallest absolute Gasteiger partial charge is 0.180 e. The van der Waals surface area contributed by atoms with Gasteiger partial charge in [-0.1, -0.05) is 66.2 Å². The highest BCUT2D eigenvalue weighted by Gasteiger charge is 2.71. The lowest BCUT2D eigenvalue weighted by molar-refractivity contribution is -0.118. The van der Waals surface area contributed by atoms with Crippen molar-refractivity contribution in [3.05, 3.63) is 106 Å². The third-order valence-corrected chi connectivity index (χ3v) is 7.66. The number of anilines is 1. The Morgan fingerprint density at radius 3 is 2.26 bits per heavy atom. The molecular formula is C28H19ClFNO3. The summed E-state index contributed by atoms with van der Waals surface area (Å²) in [6.45, 7) is 1.43. The van der Waals surface area contributed by atoms with Crippen molar-refractivity contribution in [3.8, 4) is 0 Å². The molecule has 0 bridgehead atoms. The molecule has 0 saturated carbocycles. The van der Waals surface area contributed by atoms with E-state index in [9.17, 15) is 14.4 Å². The third kappa shape index (κ3) is 2.50. The average molecular weight is 472 g/mol. The van der Waals surface area contributed by atoms with Crippen molar-refractivity contribution >= 4 is 40.7 Å². The zero-order chi connectivity index (χ0) is 23.8. The van der Waals surface area contributed by atoms with E-state index in [1.807, 2.05) is 11.0 Å². The normalized spacial score (nSPS) is 23.7. The lowest BCUT2D eigenvalue weighted by Gasteiger charge is -2.37.